The summed E-state index contributed by atoms with van der Waals surface area (Å²) in [5.74, 6) is -0.476. The van der Waals surface area contributed by atoms with Gasteiger partial charge in [-0.05, 0) is 30.2 Å². The Morgan fingerprint density at radius 1 is 1.14 bits per heavy atom. The Morgan fingerprint density at radius 2 is 1.86 bits per heavy atom. The van der Waals surface area contributed by atoms with Crippen LogP contribution >= 0.6 is 0 Å². The zero-order valence-electron chi connectivity index (χ0n) is 20.3. The number of carbonyl (C=O) groups excluding carboxylic acids is 2. The van der Waals surface area contributed by atoms with Gasteiger partial charge in [0.2, 0.25) is 18.7 Å². The van der Waals surface area contributed by atoms with E-state index in [1.165, 1.54) is 24.3 Å². The molecule has 0 aliphatic carbocycles. The molecule has 3 aliphatic rings. The average Bonchev–Trinajstić information content (AvgIpc) is 3.37. The second-order valence-electron chi connectivity index (χ2n) is 8.92. The predicted octanol–water partition coefficient (Wildman–Crippen LogP) is 1.85. The molecule has 0 saturated carbocycles. The molecule has 1 amide bonds. The summed E-state index contributed by atoms with van der Waals surface area (Å²) in [6.45, 7) is 5.51. The van der Waals surface area contributed by atoms with Gasteiger partial charge in [-0.2, -0.15) is 0 Å². The van der Waals surface area contributed by atoms with E-state index < -0.39 is 28.8 Å². The molecular formula is C25H27N5O7. The average molecular weight is 510 g/mol. The van der Waals surface area contributed by atoms with E-state index in [0.29, 0.717) is 24.6 Å². The fraction of sp³-hybridized carbons (Fsp3) is 0.400. The number of non-ortho nitro benzene ring substituents is 1. The number of ether oxygens (including phenoxy) is 3. The van der Waals surface area contributed by atoms with Crippen LogP contribution in [-0.2, 0) is 20.9 Å². The van der Waals surface area contributed by atoms with Crippen LogP contribution in [0.25, 0.3) is 0 Å². The first-order valence-electron chi connectivity index (χ1n) is 12.1. The Bertz CT molecular complexity index is 1220. The summed E-state index contributed by atoms with van der Waals surface area (Å²) in [7, 11) is 0. The predicted molar refractivity (Wildman–Crippen MR) is 131 cm³/mol. The standard InChI is InChI=1S/C25H27N5O7/c1-2-35-24(32)21-22(17-4-6-18(7-5-17)30(33)34)26-25(27-23(21)31)29-11-9-28(10-12-29)14-16-3-8-19-20(13-16)37-15-36-19/h3-8,13,21-22H,2,9-12,14-15H2,1H3,(H,26,27,31)/t21-,22+/m0/s1. The van der Waals surface area contributed by atoms with Crippen molar-refractivity contribution in [2.75, 3.05) is 39.6 Å². The Labute approximate surface area is 212 Å². The zero-order valence-corrected chi connectivity index (χ0v) is 20.3. The molecule has 12 heteroatoms. The van der Waals surface area contributed by atoms with Crippen LogP contribution in [0.3, 0.4) is 0 Å². The number of hydrogen-bond acceptors (Lipinski definition) is 10. The van der Waals surface area contributed by atoms with Crippen molar-refractivity contribution in [3.05, 3.63) is 63.7 Å². The van der Waals surface area contributed by atoms with Crippen molar-refractivity contribution in [1.29, 1.82) is 0 Å². The molecule has 5 rings (SSSR count). The van der Waals surface area contributed by atoms with Crippen molar-refractivity contribution >= 4 is 23.5 Å². The van der Waals surface area contributed by atoms with E-state index in [2.05, 4.69) is 10.2 Å². The molecule has 3 aliphatic heterocycles. The van der Waals surface area contributed by atoms with E-state index in [0.717, 1.165) is 36.7 Å². The Kier molecular flexibility index (Phi) is 6.91. The number of piperazine rings is 1. The molecule has 0 radical (unpaired) electrons. The van der Waals surface area contributed by atoms with Crippen molar-refractivity contribution in [2.24, 2.45) is 10.9 Å². The number of benzene rings is 2. The molecule has 12 nitrogen and oxygen atoms in total. The molecule has 1 saturated heterocycles. The van der Waals surface area contributed by atoms with Gasteiger partial charge in [-0.25, -0.2) is 4.99 Å². The molecule has 0 aromatic heterocycles. The van der Waals surface area contributed by atoms with Gasteiger partial charge in [0.15, 0.2) is 17.4 Å². The number of fused-ring (bicyclic) bond motifs is 1. The number of nitro groups is 1. The molecule has 0 bridgehead atoms. The molecule has 0 unspecified atom stereocenters. The maximum Gasteiger partial charge on any atom is 0.321 e. The summed E-state index contributed by atoms with van der Waals surface area (Å²) in [6.07, 6.45) is 0. The lowest BCUT2D eigenvalue weighted by Gasteiger charge is -2.39. The van der Waals surface area contributed by atoms with Gasteiger partial charge < -0.3 is 19.1 Å². The molecule has 1 N–H and O–H groups in total. The maximum absolute atomic E-state index is 13.1. The third-order valence-corrected chi connectivity index (χ3v) is 6.60. The summed E-state index contributed by atoms with van der Waals surface area (Å²) < 4.78 is 16.0. The maximum atomic E-state index is 13.1. The molecule has 2 aromatic carbocycles. The second kappa shape index (κ2) is 10.4. The topological polar surface area (TPSA) is 136 Å². The van der Waals surface area contributed by atoms with E-state index in [4.69, 9.17) is 19.2 Å². The summed E-state index contributed by atoms with van der Waals surface area (Å²) in [5.41, 5.74) is 1.56. The number of rotatable bonds is 6. The van der Waals surface area contributed by atoms with Crippen LogP contribution in [0.1, 0.15) is 24.1 Å². The first kappa shape index (κ1) is 24.5. The van der Waals surface area contributed by atoms with Crippen molar-refractivity contribution < 1.29 is 28.7 Å². The minimum absolute atomic E-state index is 0.0838. The Morgan fingerprint density at radius 3 is 2.57 bits per heavy atom. The van der Waals surface area contributed by atoms with Crippen molar-refractivity contribution in [3.8, 4) is 11.5 Å². The van der Waals surface area contributed by atoms with Crippen LogP contribution in [-0.4, -0.2) is 72.1 Å². The number of nitrogens with one attached hydrogen (secondary N) is 1. The highest BCUT2D eigenvalue weighted by Crippen LogP contribution is 2.34. The van der Waals surface area contributed by atoms with Gasteiger partial charge in [0.1, 0.15) is 6.04 Å². The summed E-state index contributed by atoms with van der Waals surface area (Å²) in [4.78, 5) is 45.3. The molecule has 194 valence electrons. The van der Waals surface area contributed by atoms with Gasteiger partial charge in [-0.3, -0.25) is 29.9 Å². The largest absolute Gasteiger partial charge is 0.465 e. The van der Waals surface area contributed by atoms with Crippen LogP contribution in [0.15, 0.2) is 47.5 Å². The van der Waals surface area contributed by atoms with E-state index in [-0.39, 0.29) is 19.1 Å². The first-order chi connectivity index (χ1) is 17.9. The SMILES string of the molecule is CCOC(=O)[C@@H]1C(=O)NC(N2CCN(Cc3ccc4c(c3)OCO4)CC2)=N[C@@H]1c1ccc([N+](=O)[O-])cc1. The lowest BCUT2D eigenvalue weighted by Crippen LogP contribution is -2.57. The molecular weight excluding hydrogens is 482 g/mol. The minimum Gasteiger partial charge on any atom is -0.465 e. The molecule has 1 fully saturated rings. The van der Waals surface area contributed by atoms with Crippen LogP contribution in [0, 0.1) is 16.0 Å². The van der Waals surface area contributed by atoms with Gasteiger partial charge in [0.05, 0.1) is 11.5 Å². The molecule has 0 spiro atoms. The van der Waals surface area contributed by atoms with Crippen molar-refractivity contribution in [3.63, 3.8) is 0 Å². The number of guanidine groups is 1. The van der Waals surface area contributed by atoms with E-state index in [1.807, 2.05) is 23.1 Å². The van der Waals surface area contributed by atoms with E-state index in [9.17, 15) is 19.7 Å². The Balaban J connectivity index is 1.30. The highest BCUT2D eigenvalue weighted by Gasteiger charge is 2.42. The number of esters is 1. The van der Waals surface area contributed by atoms with Crippen molar-refractivity contribution in [2.45, 2.75) is 19.5 Å². The minimum atomic E-state index is -1.18. The fourth-order valence-electron chi connectivity index (χ4n) is 4.67. The molecule has 2 atom stereocenters. The summed E-state index contributed by atoms with van der Waals surface area (Å²) in [6, 6.07) is 10.8. The van der Waals surface area contributed by atoms with E-state index in [1.54, 1.807) is 6.92 Å². The number of hydrogen-bond donors (Lipinski definition) is 1. The van der Waals surface area contributed by atoms with Crippen LogP contribution in [0.5, 0.6) is 11.5 Å². The van der Waals surface area contributed by atoms with Gasteiger partial charge in [-0.15, -0.1) is 0 Å². The van der Waals surface area contributed by atoms with Gasteiger partial charge in [0.25, 0.3) is 5.69 Å². The van der Waals surface area contributed by atoms with Crippen LogP contribution in [0.4, 0.5) is 5.69 Å². The quantitative estimate of drug-likeness (QED) is 0.268. The number of nitrogens with zero attached hydrogens (tertiary/aromatic N) is 4. The van der Waals surface area contributed by atoms with Crippen LogP contribution < -0.4 is 14.8 Å². The number of amides is 1. The second-order valence-corrected chi connectivity index (χ2v) is 8.92. The molecule has 37 heavy (non-hydrogen) atoms. The smallest absolute Gasteiger partial charge is 0.321 e. The third kappa shape index (κ3) is 5.19. The third-order valence-electron chi connectivity index (χ3n) is 6.60. The lowest BCUT2D eigenvalue weighted by atomic mass is 9.91. The van der Waals surface area contributed by atoms with Crippen molar-refractivity contribution in [1.82, 2.24) is 15.1 Å². The Hall–Kier alpha value is -4.19. The molecule has 3 heterocycles. The lowest BCUT2D eigenvalue weighted by molar-refractivity contribution is -0.384. The van der Waals surface area contributed by atoms with Gasteiger partial charge in [0, 0.05) is 44.9 Å². The highest BCUT2D eigenvalue weighted by atomic mass is 16.7. The molecule has 2 aromatic rings. The summed E-state index contributed by atoms with van der Waals surface area (Å²) >= 11 is 0. The monoisotopic (exact) mass is 509 g/mol. The number of carbonyl (C=O) groups is 2. The van der Waals surface area contributed by atoms with E-state index >= 15 is 0 Å². The van der Waals surface area contributed by atoms with Gasteiger partial charge >= 0.3 is 5.97 Å². The normalized spacial score (nSPS) is 21.3. The fourth-order valence-corrected chi connectivity index (χ4v) is 4.67. The number of nitro benzene ring substituents is 1. The van der Waals surface area contributed by atoms with Gasteiger partial charge in [-0.1, -0.05) is 18.2 Å². The summed E-state index contributed by atoms with van der Waals surface area (Å²) in [5, 5.41) is 13.8. The number of aliphatic imine (C=N–C) groups is 1. The zero-order chi connectivity index (χ0) is 25.9. The first-order valence-corrected chi connectivity index (χ1v) is 12.1. The highest BCUT2D eigenvalue weighted by molar-refractivity contribution is 6.08. The van der Waals surface area contributed by atoms with Crippen LogP contribution in [0.2, 0.25) is 0 Å².